The van der Waals surface area contributed by atoms with Crippen molar-refractivity contribution in [2.75, 3.05) is 19.8 Å². The fourth-order valence-corrected chi connectivity index (χ4v) is 4.43. The molecular weight excluding hydrogens is 300 g/mol. The van der Waals surface area contributed by atoms with E-state index in [1.165, 1.54) is 25.7 Å². The highest BCUT2D eigenvalue weighted by molar-refractivity contribution is 5.85. The molecule has 3 aliphatic rings. The number of hydrogen-bond donors (Lipinski definition) is 1. The topological polar surface area (TPSA) is 41.6 Å². The van der Waals surface area contributed by atoms with Gasteiger partial charge in [-0.25, -0.2) is 0 Å². The van der Waals surface area contributed by atoms with Crippen molar-refractivity contribution in [3.05, 3.63) is 0 Å². The highest BCUT2D eigenvalue weighted by atomic mass is 35.5. The van der Waals surface area contributed by atoms with Gasteiger partial charge >= 0.3 is 0 Å². The van der Waals surface area contributed by atoms with E-state index in [9.17, 15) is 4.79 Å². The number of piperidine rings is 1. The summed E-state index contributed by atoms with van der Waals surface area (Å²) >= 11 is 0. The number of ether oxygens (including phenoxy) is 1. The summed E-state index contributed by atoms with van der Waals surface area (Å²) in [5.41, 5.74) is 0. The van der Waals surface area contributed by atoms with Gasteiger partial charge in [-0.3, -0.25) is 4.79 Å². The van der Waals surface area contributed by atoms with Gasteiger partial charge in [0, 0.05) is 25.0 Å². The van der Waals surface area contributed by atoms with E-state index in [0.29, 0.717) is 42.5 Å². The second-order valence-electron chi connectivity index (χ2n) is 7.62. The molecule has 3 unspecified atom stereocenters. The molecule has 0 aliphatic carbocycles. The van der Waals surface area contributed by atoms with Crippen LogP contribution in [0.5, 0.6) is 0 Å². The molecule has 4 nitrogen and oxygen atoms in total. The molecular formula is C17H31ClN2O2. The van der Waals surface area contributed by atoms with Gasteiger partial charge < -0.3 is 15.0 Å². The third-order valence-electron chi connectivity index (χ3n) is 5.33. The zero-order chi connectivity index (χ0) is 14.8. The van der Waals surface area contributed by atoms with Crippen molar-refractivity contribution >= 4 is 18.3 Å². The summed E-state index contributed by atoms with van der Waals surface area (Å²) in [6.07, 6.45) is 6.82. The number of halogens is 1. The van der Waals surface area contributed by atoms with Crippen LogP contribution in [-0.4, -0.2) is 48.7 Å². The van der Waals surface area contributed by atoms with Gasteiger partial charge in [0.25, 0.3) is 0 Å². The predicted molar refractivity (Wildman–Crippen MR) is 90.3 cm³/mol. The third kappa shape index (κ3) is 4.36. The molecule has 2 bridgehead atoms. The van der Waals surface area contributed by atoms with Crippen LogP contribution in [-0.2, 0) is 9.53 Å². The van der Waals surface area contributed by atoms with E-state index in [1.807, 2.05) is 0 Å². The molecule has 0 aromatic rings. The smallest absolute Gasteiger partial charge is 0.223 e. The van der Waals surface area contributed by atoms with E-state index in [-0.39, 0.29) is 12.4 Å². The van der Waals surface area contributed by atoms with Gasteiger partial charge in [0.1, 0.15) is 0 Å². The van der Waals surface area contributed by atoms with Crippen molar-refractivity contribution in [2.24, 2.45) is 11.8 Å². The van der Waals surface area contributed by atoms with E-state index in [0.717, 1.165) is 26.0 Å². The summed E-state index contributed by atoms with van der Waals surface area (Å²) in [5.74, 6) is 1.58. The summed E-state index contributed by atoms with van der Waals surface area (Å²) in [5, 5.41) is 3.66. The van der Waals surface area contributed by atoms with Crippen molar-refractivity contribution < 1.29 is 9.53 Å². The molecule has 3 aliphatic heterocycles. The minimum atomic E-state index is 0. The number of nitrogens with one attached hydrogen (secondary N) is 1. The van der Waals surface area contributed by atoms with Gasteiger partial charge in [-0.1, -0.05) is 13.8 Å². The van der Waals surface area contributed by atoms with Crippen molar-refractivity contribution in [1.29, 1.82) is 0 Å². The van der Waals surface area contributed by atoms with Crippen LogP contribution >= 0.6 is 12.4 Å². The van der Waals surface area contributed by atoms with Gasteiger partial charge in [-0.05, 0) is 43.9 Å². The molecule has 3 atom stereocenters. The summed E-state index contributed by atoms with van der Waals surface area (Å²) < 4.78 is 5.59. The summed E-state index contributed by atoms with van der Waals surface area (Å²) in [7, 11) is 0. The van der Waals surface area contributed by atoms with E-state index in [1.54, 1.807) is 0 Å². The number of nitrogens with zero attached hydrogens (tertiary/aromatic N) is 1. The third-order valence-corrected chi connectivity index (χ3v) is 5.33. The fourth-order valence-electron chi connectivity index (χ4n) is 4.43. The summed E-state index contributed by atoms with van der Waals surface area (Å²) in [6.45, 7) is 6.66. The molecule has 0 aromatic carbocycles. The second-order valence-corrected chi connectivity index (χ2v) is 7.62. The van der Waals surface area contributed by atoms with E-state index < -0.39 is 0 Å². The molecule has 1 amide bonds. The maximum atomic E-state index is 12.7. The molecule has 0 radical (unpaired) electrons. The Morgan fingerprint density at radius 3 is 2.59 bits per heavy atom. The molecule has 0 spiro atoms. The van der Waals surface area contributed by atoms with Crippen molar-refractivity contribution in [1.82, 2.24) is 10.2 Å². The van der Waals surface area contributed by atoms with Gasteiger partial charge in [0.15, 0.2) is 0 Å². The van der Waals surface area contributed by atoms with Crippen LogP contribution in [0.25, 0.3) is 0 Å². The molecule has 3 saturated heterocycles. The normalized spacial score (nSPS) is 34.6. The van der Waals surface area contributed by atoms with E-state index in [4.69, 9.17) is 4.74 Å². The summed E-state index contributed by atoms with van der Waals surface area (Å²) in [4.78, 5) is 14.9. The Balaban J connectivity index is 0.00000176. The Morgan fingerprint density at radius 2 is 1.95 bits per heavy atom. The first-order valence-electron chi connectivity index (χ1n) is 8.75. The number of hydrogen-bond acceptors (Lipinski definition) is 3. The molecule has 3 heterocycles. The lowest BCUT2D eigenvalue weighted by Gasteiger charge is -2.38. The van der Waals surface area contributed by atoms with Crippen LogP contribution in [0.1, 0.15) is 52.4 Å². The van der Waals surface area contributed by atoms with Crippen LogP contribution in [0.3, 0.4) is 0 Å². The predicted octanol–water partition coefficient (Wildman–Crippen LogP) is 2.60. The first kappa shape index (κ1) is 18.0. The Hall–Kier alpha value is -0.320. The van der Waals surface area contributed by atoms with Crippen LogP contribution in [0, 0.1) is 11.8 Å². The minimum Gasteiger partial charge on any atom is -0.377 e. The first-order chi connectivity index (χ1) is 10.1. The zero-order valence-corrected chi connectivity index (χ0v) is 14.7. The van der Waals surface area contributed by atoms with Crippen LogP contribution in [0.15, 0.2) is 0 Å². The number of morpholine rings is 1. The Morgan fingerprint density at radius 1 is 1.27 bits per heavy atom. The van der Waals surface area contributed by atoms with Crippen LogP contribution in [0.2, 0.25) is 0 Å². The standard InChI is InChI=1S/C17H30N2O2.ClH/c1-12(2)7-16-11-21-6-5-19(16)17(20)10-13-8-14-3-4-15(9-13)18-14;/h12-16,18H,3-11H2,1-2H3;1H. The van der Waals surface area contributed by atoms with E-state index >= 15 is 0 Å². The SMILES string of the molecule is CC(C)CC1COCCN1C(=O)CC1CC2CCC(C1)N2.Cl. The molecule has 1 N–H and O–H groups in total. The Bertz CT molecular complexity index is 366. The lowest BCUT2D eigenvalue weighted by atomic mass is 9.89. The number of carbonyl (C=O) groups is 1. The Labute approximate surface area is 140 Å². The average molecular weight is 331 g/mol. The quantitative estimate of drug-likeness (QED) is 0.861. The van der Waals surface area contributed by atoms with E-state index in [2.05, 4.69) is 24.1 Å². The molecule has 3 rings (SSSR count). The first-order valence-corrected chi connectivity index (χ1v) is 8.75. The lowest BCUT2D eigenvalue weighted by Crippen LogP contribution is -2.50. The zero-order valence-electron chi connectivity index (χ0n) is 13.9. The molecule has 3 fully saturated rings. The van der Waals surface area contributed by atoms with Crippen LogP contribution in [0.4, 0.5) is 0 Å². The molecule has 22 heavy (non-hydrogen) atoms. The van der Waals surface area contributed by atoms with Crippen molar-refractivity contribution in [3.8, 4) is 0 Å². The lowest BCUT2D eigenvalue weighted by molar-refractivity contribution is -0.141. The number of carbonyl (C=O) groups excluding carboxylic acids is 1. The second kappa shape index (κ2) is 7.98. The van der Waals surface area contributed by atoms with Gasteiger partial charge in [-0.2, -0.15) is 0 Å². The molecule has 0 aromatic heterocycles. The van der Waals surface area contributed by atoms with Crippen molar-refractivity contribution in [2.45, 2.75) is 70.5 Å². The average Bonchev–Trinajstić information content (AvgIpc) is 2.78. The molecule has 0 saturated carbocycles. The molecule has 5 heteroatoms. The fraction of sp³-hybridized carbons (Fsp3) is 0.941. The maximum Gasteiger partial charge on any atom is 0.223 e. The number of rotatable bonds is 4. The highest BCUT2D eigenvalue weighted by Gasteiger charge is 2.36. The number of fused-ring (bicyclic) bond motifs is 2. The summed E-state index contributed by atoms with van der Waals surface area (Å²) in [6, 6.07) is 1.65. The highest BCUT2D eigenvalue weighted by Crippen LogP contribution is 2.33. The molecule has 128 valence electrons. The van der Waals surface area contributed by atoms with Crippen molar-refractivity contribution in [3.63, 3.8) is 0 Å². The van der Waals surface area contributed by atoms with Gasteiger partial charge in [-0.15, -0.1) is 12.4 Å². The number of amides is 1. The van der Waals surface area contributed by atoms with Gasteiger partial charge in [0.05, 0.1) is 19.3 Å². The monoisotopic (exact) mass is 330 g/mol. The minimum absolute atomic E-state index is 0. The van der Waals surface area contributed by atoms with Crippen LogP contribution < -0.4 is 5.32 Å². The Kier molecular flexibility index (Phi) is 6.54. The largest absolute Gasteiger partial charge is 0.377 e. The maximum absolute atomic E-state index is 12.7. The van der Waals surface area contributed by atoms with Gasteiger partial charge in [0.2, 0.25) is 5.91 Å².